The lowest BCUT2D eigenvalue weighted by Gasteiger charge is -2.10. The molecular formula is C23H21N3O3S. The van der Waals surface area contributed by atoms with Crippen molar-refractivity contribution >= 4 is 22.9 Å². The number of methoxy groups -OCH3 is 1. The first-order chi connectivity index (χ1) is 14.7. The van der Waals surface area contributed by atoms with Crippen LogP contribution in [0.2, 0.25) is 0 Å². The minimum atomic E-state index is -0.0388. The highest BCUT2D eigenvalue weighted by atomic mass is 32.1. The van der Waals surface area contributed by atoms with Gasteiger partial charge in [0, 0.05) is 12.1 Å². The molecule has 0 saturated heterocycles. The number of aromatic nitrogens is 2. The summed E-state index contributed by atoms with van der Waals surface area (Å²) < 4.78 is 10.6. The summed E-state index contributed by atoms with van der Waals surface area (Å²) in [5.74, 6) is 1.86. The largest absolute Gasteiger partial charge is 0.497 e. The van der Waals surface area contributed by atoms with Crippen molar-refractivity contribution in [1.29, 1.82) is 0 Å². The smallest absolute Gasteiger partial charge is 0.231 e. The molecule has 0 atom stereocenters. The fourth-order valence-corrected chi connectivity index (χ4v) is 3.70. The van der Waals surface area contributed by atoms with E-state index >= 15 is 0 Å². The Bertz CT molecular complexity index is 1100. The Labute approximate surface area is 178 Å². The maximum atomic E-state index is 12.5. The number of nitrogens with one attached hydrogen (secondary N) is 1. The van der Waals surface area contributed by atoms with Gasteiger partial charge in [0.2, 0.25) is 17.6 Å². The normalized spacial score (nSPS) is 10.7. The highest BCUT2D eigenvalue weighted by Gasteiger charge is 2.13. The molecule has 2 heterocycles. The third-order valence-corrected chi connectivity index (χ3v) is 5.51. The molecule has 1 amide bonds. The molecule has 2 aromatic carbocycles. The lowest BCUT2D eigenvalue weighted by molar-refractivity contribution is -0.116. The van der Waals surface area contributed by atoms with Crippen LogP contribution in [0.4, 0.5) is 5.69 Å². The van der Waals surface area contributed by atoms with E-state index in [2.05, 4.69) is 15.5 Å². The third kappa shape index (κ3) is 4.93. The Morgan fingerprint density at radius 1 is 1.10 bits per heavy atom. The van der Waals surface area contributed by atoms with Gasteiger partial charge in [0.25, 0.3) is 0 Å². The zero-order chi connectivity index (χ0) is 20.8. The molecule has 0 bridgehead atoms. The van der Waals surface area contributed by atoms with Crippen LogP contribution >= 0.6 is 11.3 Å². The number of ether oxygens (including phenoxy) is 1. The van der Waals surface area contributed by atoms with E-state index < -0.39 is 0 Å². The Hall–Kier alpha value is -3.45. The van der Waals surface area contributed by atoms with Crippen molar-refractivity contribution in [1.82, 2.24) is 10.1 Å². The van der Waals surface area contributed by atoms with E-state index in [9.17, 15) is 4.79 Å². The lowest BCUT2D eigenvalue weighted by Crippen LogP contribution is -2.14. The van der Waals surface area contributed by atoms with Crippen LogP contribution in [0.25, 0.3) is 10.7 Å². The van der Waals surface area contributed by atoms with Gasteiger partial charge < -0.3 is 14.6 Å². The van der Waals surface area contributed by atoms with Crippen molar-refractivity contribution in [3.05, 3.63) is 83.1 Å². The number of anilines is 1. The predicted molar refractivity (Wildman–Crippen MR) is 117 cm³/mol. The summed E-state index contributed by atoms with van der Waals surface area (Å²) in [4.78, 5) is 17.9. The fraction of sp³-hybridized carbons (Fsp3) is 0.174. The average Bonchev–Trinajstić information content (AvgIpc) is 3.46. The standard InChI is InChI=1S/C23H21N3O3S/c1-28-18-11-8-16(9-12-18)10-13-21(27)24-19-6-3-2-5-17(19)15-22-25-23(26-29-22)20-7-4-14-30-20/h2-9,11-12,14H,10,13,15H2,1H3,(H,24,27). The second-order valence-corrected chi connectivity index (χ2v) is 7.67. The quantitative estimate of drug-likeness (QED) is 0.436. The maximum Gasteiger partial charge on any atom is 0.231 e. The lowest BCUT2D eigenvalue weighted by atomic mass is 10.1. The van der Waals surface area contributed by atoms with Crippen LogP contribution in [-0.4, -0.2) is 23.2 Å². The van der Waals surface area contributed by atoms with Crippen molar-refractivity contribution in [2.75, 3.05) is 12.4 Å². The van der Waals surface area contributed by atoms with E-state index in [1.807, 2.05) is 66.0 Å². The molecule has 0 radical (unpaired) electrons. The number of para-hydroxylation sites is 1. The van der Waals surface area contributed by atoms with Gasteiger partial charge in [0.15, 0.2) is 0 Å². The van der Waals surface area contributed by atoms with Crippen LogP contribution in [0.1, 0.15) is 23.4 Å². The van der Waals surface area contributed by atoms with E-state index in [0.717, 1.165) is 27.4 Å². The molecule has 1 N–H and O–H groups in total. The van der Waals surface area contributed by atoms with E-state index in [0.29, 0.717) is 31.0 Å². The van der Waals surface area contributed by atoms with Gasteiger partial charge in [-0.1, -0.05) is 41.6 Å². The second-order valence-electron chi connectivity index (χ2n) is 6.72. The van der Waals surface area contributed by atoms with Crippen LogP contribution < -0.4 is 10.1 Å². The minimum Gasteiger partial charge on any atom is -0.497 e. The Balaban J connectivity index is 1.38. The summed E-state index contributed by atoms with van der Waals surface area (Å²) in [6, 6.07) is 19.3. The molecule has 7 heteroatoms. The highest BCUT2D eigenvalue weighted by Crippen LogP contribution is 2.24. The van der Waals surface area contributed by atoms with Gasteiger partial charge in [-0.15, -0.1) is 11.3 Å². The molecule has 0 fully saturated rings. The zero-order valence-corrected chi connectivity index (χ0v) is 17.3. The average molecular weight is 420 g/mol. The number of carbonyl (C=O) groups is 1. The van der Waals surface area contributed by atoms with Gasteiger partial charge in [0.05, 0.1) is 18.4 Å². The number of carbonyl (C=O) groups excluding carboxylic acids is 1. The SMILES string of the molecule is COc1ccc(CCC(=O)Nc2ccccc2Cc2nc(-c3cccs3)no2)cc1. The van der Waals surface area contributed by atoms with Crippen LogP contribution in [0.5, 0.6) is 5.75 Å². The van der Waals surface area contributed by atoms with Gasteiger partial charge in [-0.05, 0) is 47.2 Å². The highest BCUT2D eigenvalue weighted by molar-refractivity contribution is 7.13. The van der Waals surface area contributed by atoms with Crippen LogP contribution in [0.3, 0.4) is 0 Å². The first kappa shape index (κ1) is 19.8. The summed E-state index contributed by atoms with van der Waals surface area (Å²) >= 11 is 1.56. The van der Waals surface area contributed by atoms with Crippen LogP contribution in [0, 0.1) is 0 Å². The van der Waals surface area contributed by atoms with E-state index in [1.165, 1.54) is 0 Å². The molecule has 4 rings (SSSR count). The number of hydrogen-bond donors (Lipinski definition) is 1. The number of nitrogens with zero attached hydrogens (tertiary/aromatic N) is 2. The Morgan fingerprint density at radius 2 is 1.93 bits per heavy atom. The first-order valence-electron chi connectivity index (χ1n) is 9.58. The Kier molecular flexibility index (Phi) is 6.20. The molecule has 6 nitrogen and oxygen atoms in total. The maximum absolute atomic E-state index is 12.5. The number of hydrogen-bond acceptors (Lipinski definition) is 6. The number of benzene rings is 2. The molecule has 0 aliphatic carbocycles. The van der Waals surface area contributed by atoms with Crippen LogP contribution in [-0.2, 0) is 17.6 Å². The van der Waals surface area contributed by atoms with Crippen molar-refractivity contribution in [3.8, 4) is 16.5 Å². The molecule has 4 aromatic rings. The minimum absolute atomic E-state index is 0.0388. The van der Waals surface area contributed by atoms with Crippen molar-refractivity contribution < 1.29 is 14.1 Å². The van der Waals surface area contributed by atoms with E-state index in [-0.39, 0.29) is 5.91 Å². The summed E-state index contributed by atoms with van der Waals surface area (Å²) in [5.41, 5.74) is 2.77. The molecular weight excluding hydrogens is 398 g/mol. The van der Waals surface area contributed by atoms with E-state index in [4.69, 9.17) is 9.26 Å². The first-order valence-corrected chi connectivity index (χ1v) is 10.5. The van der Waals surface area contributed by atoms with Crippen molar-refractivity contribution in [3.63, 3.8) is 0 Å². The summed E-state index contributed by atoms with van der Waals surface area (Å²) in [6.45, 7) is 0. The number of thiophene rings is 1. The summed E-state index contributed by atoms with van der Waals surface area (Å²) in [5, 5.41) is 9.03. The molecule has 0 saturated carbocycles. The monoisotopic (exact) mass is 419 g/mol. The van der Waals surface area contributed by atoms with Crippen molar-refractivity contribution in [2.24, 2.45) is 0 Å². The second kappa shape index (κ2) is 9.37. The molecule has 0 aliphatic rings. The number of amides is 1. The molecule has 152 valence electrons. The zero-order valence-electron chi connectivity index (χ0n) is 16.5. The molecule has 30 heavy (non-hydrogen) atoms. The topological polar surface area (TPSA) is 77.2 Å². The summed E-state index contributed by atoms with van der Waals surface area (Å²) in [6.07, 6.45) is 1.50. The fourth-order valence-electron chi connectivity index (χ4n) is 3.05. The van der Waals surface area contributed by atoms with E-state index in [1.54, 1.807) is 18.4 Å². The van der Waals surface area contributed by atoms with Gasteiger partial charge in [-0.25, -0.2) is 0 Å². The third-order valence-electron chi connectivity index (χ3n) is 4.64. The van der Waals surface area contributed by atoms with Gasteiger partial charge in [-0.3, -0.25) is 4.79 Å². The Morgan fingerprint density at radius 3 is 2.70 bits per heavy atom. The van der Waals surface area contributed by atoms with Gasteiger partial charge in [0.1, 0.15) is 5.75 Å². The summed E-state index contributed by atoms with van der Waals surface area (Å²) in [7, 11) is 1.64. The van der Waals surface area contributed by atoms with Gasteiger partial charge in [-0.2, -0.15) is 4.98 Å². The predicted octanol–water partition coefficient (Wildman–Crippen LogP) is 4.97. The van der Waals surface area contributed by atoms with Crippen molar-refractivity contribution in [2.45, 2.75) is 19.3 Å². The van der Waals surface area contributed by atoms with Gasteiger partial charge >= 0.3 is 0 Å². The molecule has 0 spiro atoms. The molecule has 2 aromatic heterocycles. The van der Waals surface area contributed by atoms with Crippen LogP contribution in [0.15, 0.2) is 70.6 Å². The molecule has 0 unspecified atom stereocenters. The molecule has 0 aliphatic heterocycles. The number of aryl methyl sites for hydroxylation is 1. The number of rotatable bonds is 8.